The number of benzene rings is 2. The molecule has 0 radical (unpaired) electrons. The zero-order chi connectivity index (χ0) is 19.9. The van der Waals surface area contributed by atoms with E-state index >= 15 is 0 Å². The Morgan fingerprint density at radius 2 is 1.93 bits per heavy atom. The van der Waals surface area contributed by atoms with Gasteiger partial charge in [0.2, 0.25) is 0 Å². The van der Waals surface area contributed by atoms with Crippen LogP contribution in [0.3, 0.4) is 0 Å². The molecule has 2 aromatic carbocycles. The van der Waals surface area contributed by atoms with Gasteiger partial charge < -0.3 is 10.0 Å². The predicted molar refractivity (Wildman–Crippen MR) is 106 cm³/mol. The minimum Gasteiger partial charge on any atom is -0.375 e. The van der Waals surface area contributed by atoms with Gasteiger partial charge in [0, 0.05) is 5.56 Å². The first-order valence-corrected chi connectivity index (χ1v) is 9.75. The molecule has 0 aliphatic carbocycles. The average Bonchev–Trinajstić information content (AvgIpc) is 3.19. The molecule has 28 heavy (non-hydrogen) atoms. The van der Waals surface area contributed by atoms with Gasteiger partial charge in [-0.2, -0.15) is 0 Å². The lowest BCUT2D eigenvalue weighted by Crippen LogP contribution is -2.41. The lowest BCUT2D eigenvalue weighted by atomic mass is 9.89. The molecule has 1 atom stereocenters. The second-order valence-electron chi connectivity index (χ2n) is 6.60. The number of hydrogen-bond donors (Lipinski definition) is 1. The van der Waals surface area contributed by atoms with Crippen LogP contribution in [0.4, 0.5) is 10.1 Å². The maximum atomic E-state index is 13.5. The number of thiophene rings is 1. The van der Waals surface area contributed by atoms with E-state index in [1.165, 1.54) is 17.0 Å². The van der Waals surface area contributed by atoms with Gasteiger partial charge in [-0.15, -0.1) is 11.3 Å². The van der Waals surface area contributed by atoms with E-state index in [1.54, 1.807) is 48.5 Å². The summed E-state index contributed by atoms with van der Waals surface area (Å²) in [4.78, 5) is 27.6. The predicted octanol–water partition coefficient (Wildman–Crippen LogP) is 4.55. The molecule has 0 spiro atoms. The number of fused-ring (bicyclic) bond motifs is 1. The Morgan fingerprint density at radius 1 is 1.14 bits per heavy atom. The van der Waals surface area contributed by atoms with Gasteiger partial charge >= 0.3 is 0 Å². The van der Waals surface area contributed by atoms with E-state index in [2.05, 4.69) is 0 Å². The molecule has 1 aliphatic rings. The largest absolute Gasteiger partial charge is 0.375 e. The van der Waals surface area contributed by atoms with Gasteiger partial charge in [-0.1, -0.05) is 41.9 Å². The molecule has 7 heteroatoms. The summed E-state index contributed by atoms with van der Waals surface area (Å²) in [5.41, 5.74) is -0.510. The van der Waals surface area contributed by atoms with Crippen LogP contribution in [0.5, 0.6) is 0 Å². The van der Waals surface area contributed by atoms with Crippen molar-refractivity contribution in [2.75, 3.05) is 4.90 Å². The minimum absolute atomic E-state index is 0.0922. The van der Waals surface area contributed by atoms with Gasteiger partial charge in [-0.3, -0.25) is 9.59 Å². The van der Waals surface area contributed by atoms with Crippen molar-refractivity contribution in [3.8, 4) is 0 Å². The summed E-state index contributed by atoms with van der Waals surface area (Å²) < 4.78 is 14.0. The molecule has 1 aromatic heterocycles. The third kappa shape index (κ3) is 3.24. The second kappa shape index (κ2) is 7.13. The van der Waals surface area contributed by atoms with Gasteiger partial charge in [-0.25, -0.2) is 4.39 Å². The number of amides is 1. The Hall–Kier alpha value is -2.54. The van der Waals surface area contributed by atoms with E-state index in [1.807, 2.05) is 0 Å². The third-order valence-electron chi connectivity index (χ3n) is 4.73. The van der Waals surface area contributed by atoms with Crippen molar-refractivity contribution in [2.24, 2.45) is 0 Å². The summed E-state index contributed by atoms with van der Waals surface area (Å²) in [7, 11) is 0. The topological polar surface area (TPSA) is 57.6 Å². The first-order valence-electron chi connectivity index (χ1n) is 8.55. The first-order chi connectivity index (χ1) is 13.4. The fourth-order valence-electron chi connectivity index (χ4n) is 3.44. The van der Waals surface area contributed by atoms with E-state index in [0.717, 1.165) is 11.3 Å². The van der Waals surface area contributed by atoms with E-state index in [-0.39, 0.29) is 18.7 Å². The molecule has 1 N–H and O–H groups in total. The molecule has 0 saturated carbocycles. The summed E-state index contributed by atoms with van der Waals surface area (Å²) >= 11 is 6.99. The Morgan fingerprint density at radius 3 is 2.64 bits per heavy atom. The molecule has 0 unspecified atom stereocenters. The summed E-state index contributed by atoms with van der Waals surface area (Å²) in [6, 6.07) is 15.9. The van der Waals surface area contributed by atoms with Crippen molar-refractivity contribution >= 4 is 40.3 Å². The normalized spacial score (nSPS) is 18.4. The van der Waals surface area contributed by atoms with E-state index in [9.17, 15) is 19.1 Å². The second-order valence-corrected chi connectivity index (χ2v) is 8.32. The number of aliphatic hydroxyl groups is 1. The highest BCUT2D eigenvalue weighted by Crippen LogP contribution is 2.43. The lowest BCUT2D eigenvalue weighted by molar-refractivity contribution is -0.136. The summed E-state index contributed by atoms with van der Waals surface area (Å²) in [5, 5.41) is 11.2. The Bertz CT molecular complexity index is 1080. The Labute approximate surface area is 169 Å². The van der Waals surface area contributed by atoms with Crippen LogP contribution in [-0.2, 0) is 16.9 Å². The molecule has 2 heterocycles. The van der Waals surface area contributed by atoms with E-state index in [0.29, 0.717) is 26.0 Å². The maximum Gasteiger partial charge on any atom is 0.264 e. The third-order valence-corrected chi connectivity index (χ3v) is 6.01. The lowest BCUT2D eigenvalue weighted by Gasteiger charge is -2.22. The Balaban J connectivity index is 1.68. The average molecular weight is 416 g/mol. The maximum absolute atomic E-state index is 13.5. The molecule has 4 nitrogen and oxygen atoms in total. The van der Waals surface area contributed by atoms with Gasteiger partial charge in [0.1, 0.15) is 5.82 Å². The highest BCUT2D eigenvalue weighted by Gasteiger charge is 2.50. The van der Waals surface area contributed by atoms with Crippen LogP contribution in [0.25, 0.3) is 0 Å². The van der Waals surface area contributed by atoms with Crippen molar-refractivity contribution in [3.63, 3.8) is 0 Å². The van der Waals surface area contributed by atoms with Crippen LogP contribution < -0.4 is 4.90 Å². The molecule has 3 aromatic rings. The molecular weight excluding hydrogens is 401 g/mol. The number of nitrogens with zero attached hydrogens (tertiary/aromatic N) is 1. The quantitative estimate of drug-likeness (QED) is 0.622. The van der Waals surface area contributed by atoms with Crippen LogP contribution in [0.2, 0.25) is 4.34 Å². The highest BCUT2D eigenvalue weighted by atomic mass is 35.5. The number of carbonyl (C=O) groups is 2. The van der Waals surface area contributed by atoms with Crippen LogP contribution in [0.1, 0.15) is 27.2 Å². The summed E-state index contributed by atoms with van der Waals surface area (Å²) in [6.07, 6.45) is -0.390. The van der Waals surface area contributed by atoms with Crippen molar-refractivity contribution < 1.29 is 19.1 Å². The molecule has 1 aliphatic heterocycles. The standard InChI is InChI=1S/C21H15ClFNO3S/c22-19-9-8-18(28-19)17(25)11-21(27)15-6-1-2-7-16(15)24(20(21)26)12-13-4-3-5-14(23)10-13/h1-10,27H,11-12H2/t21-/m1/s1. The van der Waals surface area contributed by atoms with Crippen LogP contribution in [0.15, 0.2) is 60.7 Å². The van der Waals surface area contributed by atoms with Gasteiger partial charge in [0.25, 0.3) is 5.91 Å². The minimum atomic E-state index is -1.97. The first kappa shape index (κ1) is 18.8. The number of halogens is 2. The van der Waals surface area contributed by atoms with Gasteiger partial charge in [-0.05, 0) is 35.9 Å². The van der Waals surface area contributed by atoms with Crippen molar-refractivity contribution in [1.29, 1.82) is 0 Å². The van der Waals surface area contributed by atoms with Crippen LogP contribution in [0, 0.1) is 5.82 Å². The van der Waals surface area contributed by atoms with Crippen LogP contribution in [-0.4, -0.2) is 16.8 Å². The zero-order valence-electron chi connectivity index (χ0n) is 14.6. The summed E-state index contributed by atoms with van der Waals surface area (Å²) in [6.45, 7) is 0.0922. The molecule has 0 fully saturated rings. The zero-order valence-corrected chi connectivity index (χ0v) is 16.1. The number of ketones is 1. The number of rotatable bonds is 5. The SMILES string of the molecule is O=C(C[C@]1(O)C(=O)N(Cc2cccc(F)c2)c2ccccc21)c1ccc(Cl)s1. The summed E-state index contributed by atoms with van der Waals surface area (Å²) in [5.74, 6) is -1.37. The fraction of sp³-hybridized carbons (Fsp3) is 0.143. The number of carbonyl (C=O) groups excluding carboxylic acids is 2. The van der Waals surface area contributed by atoms with Gasteiger partial charge in [0.05, 0.1) is 27.9 Å². The van der Waals surface area contributed by atoms with Crippen LogP contribution >= 0.6 is 22.9 Å². The number of Topliss-reactive ketones (excluding diaryl/α,β-unsaturated/α-hetero) is 1. The van der Waals surface area contributed by atoms with Crippen molar-refractivity contribution in [2.45, 2.75) is 18.6 Å². The van der Waals surface area contributed by atoms with Gasteiger partial charge in [0.15, 0.2) is 11.4 Å². The highest BCUT2D eigenvalue weighted by molar-refractivity contribution is 7.18. The molecule has 0 saturated heterocycles. The number of hydrogen-bond acceptors (Lipinski definition) is 4. The monoisotopic (exact) mass is 415 g/mol. The molecule has 4 rings (SSSR count). The molecule has 0 bridgehead atoms. The van der Waals surface area contributed by atoms with Crippen molar-refractivity contribution in [3.05, 3.63) is 86.8 Å². The molecule has 1 amide bonds. The molecular formula is C21H15ClFNO3S. The number of para-hydroxylation sites is 1. The Kier molecular flexibility index (Phi) is 4.79. The smallest absolute Gasteiger partial charge is 0.264 e. The number of anilines is 1. The molecule has 142 valence electrons. The van der Waals surface area contributed by atoms with E-state index < -0.39 is 17.3 Å². The van der Waals surface area contributed by atoms with E-state index in [4.69, 9.17) is 11.6 Å². The fourth-order valence-corrected chi connectivity index (χ4v) is 4.42. The van der Waals surface area contributed by atoms with Crippen molar-refractivity contribution in [1.82, 2.24) is 0 Å².